The van der Waals surface area contributed by atoms with Crippen LogP contribution in [0.5, 0.6) is 0 Å². The third kappa shape index (κ3) is 2.61. The van der Waals surface area contributed by atoms with Gasteiger partial charge in [-0.15, -0.1) is 0 Å². The Morgan fingerprint density at radius 2 is 2.31 bits per heavy atom. The summed E-state index contributed by atoms with van der Waals surface area (Å²) < 4.78 is 5.33. The van der Waals surface area contributed by atoms with E-state index in [9.17, 15) is 0 Å². The molecule has 0 radical (unpaired) electrons. The zero-order chi connectivity index (χ0) is 9.84. The molecule has 1 rings (SSSR count). The minimum absolute atomic E-state index is 0.489. The number of rotatable bonds is 3. The fraction of sp³-hybridized carbons (Fsp3) is 0.556. The van der Waals surface area contributed by atoms with E-state index in [1.807, 2.05) is 26.0 Å². The Morgan fingerprint density at radius 3 is 2.77 bits per heavy atom. The van der Waals surface area contributed by atoms with Gasteiger partial charge >= 0.3 is 7.12 Å². The molecule has 4 heteroatoms. The van der Waals surface area contributed by atoms with Gasteiger partial charge in [-0.25, -0.2) is 0 Å². The van der Waals surface area contributed by atoms with Gasteiger partial charge in [0.2, 0.25) is 0 Å². The third-order valence-corrected chi connectivity index (χ3v) is 2.04. The van der Waals surface area contributed by atoms with Gasteiger partial charge in [0.05, 0.1) is 0 Å². The average Bonchev–Trinajstić information content (AvgIpc) is 2.44. The van der Waals surface area contributed by atoms with Crippen molar-refractivity contribution in [3.05, 3.63) is 23.5 Å². The molecule has 1 heterocycles. The van der Waals surface area contributed by atoms with Crippen molar-refractivity contribution in [1.82, 2.24) is 0 Å². The topological polar surface area (TPSA) is 49.7 Å². The number of allylic oxidation sites excluding steroid dienone is 2. The van der Waals surface area contributed by atoms with E-state index in [-0.39, 0.29) is 0 Å². The third-order valence-electron chi connectivity index (χ3n) is 2.04. The molecule has 1 aliphatic heterocycles. The van der Waals surface area contributed by atoms with Crippen molar-refractivity contribution >= 4 is 7.12 Å². The van der Waals surface area contributed by atoms with Crippen LogP contribution >= 0.6 is 0 Å². The van der Waals surface area contributed by atoms with Gasteiger partial charge < -0.3 is 14.8 Å². The zero-order valence-corrected chi connectivity index (χ0v) is 8.03. The maximum Gasteiger partial charge on any atom is 0.495 e. The summed E-state index contributed by atoms with van der Waals surface area (Å²) in [5.41, 5.74) is 1.07. The molecule has 3 nitrogen and oxygen atoms in total. The molecule has 0 fully saturated rings. The predicted octanol–water partition coefficient (Wildman–Crippen LogP) is 1.03. The molecular weight excluding hydrogens is 167 g/mol. The van der Waals surface area contributed by atoms with Crippen LogP contribution in [0.1, 0.15) is 26.7 Å². The fourth-order valence-corrected chi connectivity index (χ4v) is 1.28. The largest absolute Gasteiger partial charge is 0.495 e. The van der Waals surface area contributed by atoms with E-state index >= 15 is 0 Å². The second-order valence-corrected chi connectivity index (χ2v) is 3.23. The molecule has 13 heavy (non-hydrogen) atoms. The highest BCUT2D eigenvalue weighted by Gasteiger charge is 2.31. The van der Waals surface area contributed by atoms with Gasteiger partial charge in [-0.05, 0) is 25.0 Å². The van der Waals surface area contributed by atoms with Crippen molar-refractivity contribution in [3.63, 3.8) is 0 Å². The maximum absolute atomic E-state index is 8.89. The summed E-state index contributed by atoms with van der Waals surface area (Å²) in [5, 5.41) is 17.8. The lowest BCUT2D eigenvalue weighted by Crippen LogP contribution is -2.30. The smallest absolute Gasteiger partial charge is 0.492 e. The van der Waals surface area contributed by atoms with Crippen LogP contribution < -0.4 is 0 Å². The summed E-state index contributed by atoms with van der Waals surface area (Å²) in [4.78, 5) is 0. The summed E-state index contributed by atoms with van der Waals surface area (Å²) in [6.07, 6.45) is 5.43. The van der Waals surface area contributed by atoms with E-state index in [0.29, 0.717) is 6.42 Å². The summed E-state index contributed by atoms with van der Waals surface area (Å²) in [5.74, 6) is 0.778. The van der Waals surface area contributed by atoms with Crippen LogP contribution in [0.25, 0.3) is 0 Å². The normalized spacial score (nSPS) is 22.6. The van der Waals surface area contributed by atoms with Crippen molar-refractivity contribution in [2.45, 2.75) is 32.7 Å². The molecule has 0 bridgehead atoms. The quantitative estimate of drug-likeness (QED) is 0.640. The first kappa shape index (κ1) is 10.3. The summed E-state index contributed by atoms with van der Waals surface area (Å²) in [7, 11) is -1.39. The number of ether oxygens (including phenoxy) is 1. The van der Waals surface area contributed by atoms with Crippen LogP contribution in [0.4, 0.5) is 0 Å². The Morgan fingerprint density at radius 1 is 1.62 bits per heavy atom. The Balaban J connectivity index is 2.57. The number of hydrogen-bond donors (Lipinski definition) is 2. The molecule has 72 valence electrons. The first-order chi connectivity index (χ1) is 6.15. The van der Waals surface area contributed by atoms with E-state index < -0.39 is 13.1 Å². The molecule has 0 aromatic heterocycles. The second kappa shape index (κ2) is 4.49. The molecule has 1 unspecified atom stereocenters. The van der Waals surface area contributed by atoms with E-state index in [1.54, 1.807) is 0 Å². The SMILES string of the molecule is CCC=CC1=C(C)CC(B(O)O)O1. The van der Waals surface area contributed by atoms with Gasteiger partial charge in [-0.2, -0.15) is 0 Å². The molecular formula is C9H15BO3. The van der Waals surface area contributed by atoms with Crippen molar-refractivity contribution in [1.29, 1.82) is 0 Å². The molecule has 0 aliphatic carbocycles. The minimum Gasteiger partial charge on any atom is -0.492 e. The van der Waals surface area contributed by atoms with Crippen molar-refractivity contribution in [2.75, 3.05) is 0 Å². The highest BCUT2D eigenvalue weighted by Crippen LogP contribution is 2.25. The molecule has 0 amide bonds. The summed E-state index contributed by atoms with van der Waals surface area (Å²) >= 11 is 0. The Labute approximate surface area is 78.9 Å². The monoisotopic (exact) mass is 182 g/mol. The van der Waals surface area contributed by atoms with Crippen LogP contribution in [0.3, 0.4) is 0 Å². The van der Waals surface area contributed by atoms with Gasteiger partial charge in [-0.1, -0.05) is 13.0 Å². The lowest BCUT2D eigenvalue weighted by atomic mass is 9.80. The standard InChI is InChI=1S/C9H15BO3/c1-3-4-5-8-7(2)6-9(13-8)10(11)12/h4-5,9,11-12H,3,6H2,1-2H3. The average molecular weight is 182 g/mol. The lowest BCUT2D eigenvalue weighted by Gasteiger charge is -2.09. The van der Waals surface area contributed by atoms with E-state index in [2.05, 4.69) is 0 Å². The van der Waals surface area contributed by atoms with Crippen LogP contribution in [0.15, 0.2) is 23.5 Å². The highest BCUT2D eigenvalue weighted by molar-refractivity contribution is 6.43. The predicted molar refractivity (Wildman–Crippen MR) is 51.8 cm³/mol. The fourth-order valence-electron chi connectivity index (χ4n) is 1.28. The van der Waals surface area contributed by atoms with E-state index in [1.165, 1.54) is 0 Å². The van der Waals surface area contributed by atoms with Crippen molar-refractivity contribution in [3.8, 4) is 0 Å². The molecule has 2 N–H and O–H groups in total. The Kier molecular flexibility index (Phi) is 3.57. The van der Waals surface area contributed by atoms with Crippen LogP contribution in [0, 0.1) is 0 Å². The van der Waals surface area contributed by atoms with Gasteiger partial charge in [0.25, 0.3) is 0 Å². The first-order valence-electron chi connectivity index (χ1n) is 4.54. The Hall–Kier alpha value is -0.735. The molecule has 0 spiro atoms. The second-order valence-electron chi connectivity index (χ2n) is 3.23. The minimum atomic E-state index is -1.39. The molecule has 0 saturated carbocycles. The van der Waals surface area contributed by atoms with E-state index in [4.69, 9.17) is 14.8 Å². The van der Waals surface area contributed by atoms with Crippen molar-refractivity contribution in [2.24, 2.45) is 0 Å². The molecule has 0 aromatic carbocycles. The van der Waals surface area contributed by atoms with Crippen LogP contribution in [0.2, 0.25) is 0 Å². The molecule has 0 aromatic rings. The number of hydrogen-bond acceptors (Lipinski definition) is 3. The zero-order valence-electron chi connectivity index (χ0n) is 8.03. The lowest BCUT2D eigenvalue weighted by molar-refractivity contribution is 0.175. The first-order valence-corrected chi connectivity index (χ1v) is 4.54. The van der Waals surface area contributed by atoms with Gasteiger partial charge in [0, 0.05) is 6.42 Å². The maximum atomic E-state index is 8.89. The van der Waals surface area contributed by atoms with Crippen LogP contribution in [-0.2, 0) is 4.74 Å². The van der Waals surface area contributed by atoms with Crippen LogP contribution in [-0.4, -0.2) is 23.2 Å². The van der Waals surface area contributed by atoms with Gasteiger partial charge in [-0.3, -0.25) is 0 Å². The highest BCUT2D eigenvalue weighted by atomic mass is 16.5. The van der Waals surface area contributed by atoms with E-state index in [0.717, 1.165) is 17.8 Å². The van der Waals surface area contributed by atoms with Gasteiger partial charge in [0.1, 0.15) is 11.8 Å². The molecule has 1 atom stereocenters. The molecule has 1 aliphatic rings. The van der Waals surface area contributed by atoms with Gasteiger partial charge in [0.15, 0.2) is 0 Å². The molecule has 0 saturated heterocycles. The van der Waals surface area contributed by atoms with Crippen molar-refractivity contribution < 1.29 is 14.8 Å². The summed E-state index contributed by atoms with van der Waals surface area (Å²) in [6.45, 7) is 3.98. The summed E-state index contributed by atoms with van der Waals surface area (Å²) in [6, 6.07) is -0.489. The Bertz CT molecular complexity index is 233.